The van der Waals surface area contributed by atoms with Crippen LogP contribution in [0.5, 0.6) is 0 Å². The summed E-state index contributed by atoms with van der Waals surface area (Å²) in [5.41, 5.74) is 2.92. The van der Waals surface area contributed by atoms with Crippen LogP contribution in [-0.2, 0) is 13.0 Å². The molecule has 0 unspecified atom stereocenters. The molecule has 0 aliphatic carbocycles. The van der Waals surface area contributed by atoms with Gasteiger partial charge in [0.1, 0.15) is 5.82 Å². The van der Waals surface area contributed by atoms with E-state index >= 15 is 0 Å². The van der Waals surface area contributed by atoms with E-state index in [4.69, 9.17) is 0 Å². The topological polar surface area (TPSA) is 85.9 Å². The van der Waals surface area contributed by atoms with E-state index in [2.05, 4.69) is 27.0 Å². The van der Waals surface area contributed by atoms with Crippen molar-refractivity contribution in [3.8, 4) is 0 Å². The zero-order valence-electron chi connectivity index (χ0n) is 21.0. The first-order valence-corrected chi connectivity index (χ1v) is 12.8. The number of rotatable bonds is 8. The van der Waals surface area contributed by atoms with Crippen LogP contribution in [0.15, 0.2) is 66.9 Å². The summed E-state index contributed by atoms with van der Waals surface area (Å²) in [4.78, 5) is 49.1. The number of nitrogens with one attached hydrogen (secondary N) is 1. The molecule has 2 aromatic carbocycles. The van der Waals surface area contributed by atoms with Crippen molar-refractivity contribution in [3.05, 3.63) is 94.7 Å². The minimum absolute atomic E-state index is 0.278. The molecule has 5 rings (SSSR count). The van der Waals surface area contributed by atoms with Crippen molar-refractivity contribution in [1.82, 2.24) is 20.1 Å². The van der Waals surface area contributed by atoms with Gasteiger partial charge < -0.3 is 15.1 Å². The van der Waals surface area contributed by atoms with E-state index in [0.29, 0.717) is 30.6 Å². The number of amides is 3. The number of hydrogen-bond donors (Lipinski definition) is 1. The van der Waals surface area contributed by atoms with Crippen LogP contribution in [0.3, 0.4) is 0 Å². The Hall–Kier alpha value is -4.04. The zero-order valence-corrected chi connectivity index (χ0v) is 21.0. The SMILES string of the molecule is CCN1CCN(c2ccc(CNC(=O)c3ccc4c(c3)C(=O)N(CCc3ccccc3)C4=O)cn2)CC1. The number of imide groups is 1. The molecular formula is C29H31N5O3. The number of aromatic nitrogens is 1. The van der Waals surface area contributed by atoms with Crippen LogP contribution in [0.25, 0.3) is 0 Å². The first-order chi connectivity index (χ1) is 18.0. The van der Waals surface area contributed by atoms with Crippen LogP contribution in [0.2, 0.25) is 0 Å². The van der Waals surface area contributed by atoms with Gasteiger partial charge in [-0.2, -0.15) is 0 Å². The van der Waals surface area contributed by atoms with Crippen molar-refractivity contribution in [1.29, 1.82) is 0 Å². The Morgan fingerprint density at radius 3 is 2.35 bits per heavy atom. The molecule has 3 aromatic rings. The van der Waals surface area contributed by atoms with Gasteiger partial charge in [-0.1, -0.05) is 43.3 Å². The minimum Gasteiger partial charge on any atom is -0.354 e. The van der Waals surface area contributed by atoms with Crippen LogP contribution in [-0.4, -0.2) is 71.8 Å². The molecule has 0 saturated carbocycles. The van der Waals surface area contributed by atoms with Gasteiger partial charge in [0.2, 0.25) is 0 Å². The van der Waals surface area contributed by atoms with Crippen LogP contribution >= 0.6 is 0 Å². The van der Waals surface area contributed by atoms with Gasteiger partial charge in [0.25, 0.3) is 17.7 Å². The number of pyridine rings is 1. The lowest BCUT2D eigenvalue weighted by molar-refractivity contribution is 0.0656. The van der Waals surface area contributed by atoms with Crippen molar-refractivity contribution in [2.75, 3.05) is 44.2 Å². The highest BCUT2D eigenvalue weighted by Gasteiger charge is 2.35. The molecule has 3 heterocycles. The predicted octanol–water partition coefficient (Wildman–Crippen LogP) is 2.99. The highest BCUT2D eigenvalue weighted by atomic mass is 16.2. The number of carbonyl (C=O) groups excluding carboxylic acids is 3. The number of piperazine rings is 1. The lowest BCUT2D eigenvalue weighted by Crippen LogP contribution is -2.46. The molecule has 37 heavy (non-hydrogen) atoms. The Kier molecular flexibility index (Phi) is 7.28. The second-order valence-corrected chi connectivity index (χ2v) is 9.39. The summed E-state index contributed by atoms with van der Waals surface area (Å²) in [6.07, 6.45) is 2.37. The van der Waals surface area contributed by atoms with E-state index in [-0.39, 0.29) is 23.3 Å². The van der Waals surface area contributed by atoms with E-state index < -0.39 is 0 Å². The van der Waals surface area contributed by atoms with Gasteiger partial charge in [0.05, 0.1) is 11.1 Å². The fraction of sp³-hybridized carbons (Fsp3) is 0.310. The van der Waals surface area contributed by atoms with Crippen molar-refractivity contribution < 1.29 is 14.4 Å². The maximum absolute atomic E-state index is 12.9. The molecule has 1 N–H and O–H groups in total. The van der Waals surface area contributed by atoms with Gasteiger partial charge in [-0.15, -0.1) is 0 Å². The molecule has 0 atom stereocenters. The van der Waals surface area contributed by atoms with Gasteiger partial charge in [0, 0.05) is 51.0 Å². The molecule has 2 aliphatic heterocycles. The Morgan fingerprint density at radius 2 is 1.65 bits per heavy atom. The first-order valence-electron chi connectivity index (χ1n) is 12.8. The van der Waals surface area contributed by atoms with Crippen molar-refractivity contribution >= 4 is 23.5 Å². The third-order valence-corrected chi connectivity index (χ3v) is 7.11. The van der Waals surface area contributed by atoms with E-state index in [1.54, 1.807) is 18.3 Å². The maximum Gasteiger partial charge on any atom is 0.261 e. The van der Waals surface area contributed by atoms with Crippen LogP contribution in [0, 0.1) is 0 Å². The van der Waals surface area contributed by atoms with Gasteiger partial charge >= 0.3 is 0 Å². The molecule has 2 aliphatic rings. The highest BCUT2D eigenvalue weighted by Crippen LogP contribution is 2.24. The molecule has 1 aromatic heterocycles. The number of carbonyl (C=O) groups is 3. The summed E-state index contributed by atoms with van der Waals surface area (Å²) in [6, 6.07) is 18.4. The number of anilines is 1. The number of benzene rings is 2. The molecule has 1 saturated heterocycles. The van der Waals surface area contributed by atoms with Gasteiger partial charge in [0.15, 0.2) is 0 Å². The molecule has 1 fully saturated rings. The van der Waals surface area contributed by atoms with Crippen LogP contribution in [0.1, 0.15) is 49.1 Å². The van der Waals surface area contributed by atoms with Gasteiger partial charge in [-0.25, -0.2) is 4.98 Å². The number of fused-ring (bicyclic) bond motifs is 1. The lowest BCUT2D eigenvalue weighted by atomic mass is 10.1. The summed E-state index contributed by atoms with van der Waals surface area (Å²) >= 11 is 0. The normalized spacial score (nSPS) is 15.7. The average Bonchev–Trinajstić information content (AvgIpc) is 3.19. The van der Waals surface area contributed by atoms with E-state index in [1.807, 2.05) is 42.5 Å². The molecule has 3 amide bonds. The summed E-state index contributed by atoms with van der Waals surface area (Å²) in [5.74, 6) is -0.0229. The minimum atomic E-state index is -0.356. The molecule has 190 valence electrons. The fourth-order valence-electron chi connectivity index (χ4n) is 4.81. The lowest BCUT2D eigenvalue weighted by Gasteiger charge is -2.34. The first kappa shape index (κ1) is 24.6. The zero-order chi connectivity index (χ0) is 25.8. The molecule has 0 spiro atoms. The van der Waals surface area contributed by atoms with Gasteiger partial charge in [-0.05, 0) is 48.4 Å². The van der Waals surface area contributed by atoms with E-state index in [1.165, 1.54) is 11.0 Å². The Balaban J connectivity index is 1.17. The molecule has 0 radical (unpaired) electrons. The molecule has 0 bridgehead atoms. The van der Waals surface area contributed by atoms with E-state index in [0.717, 1.165) is 49.7 Å². The number of nitrogens with zero attached hydrogens (tertiary/aromatic N) is 4. The summed E-state index contributed by atoms with van der Waals surface area (Å²) in [5, 5.41) is 2.89. The fourth-order valence-corrected chi connectivity index (χ4v) is 4.81. The van der Waals surface area contributed by atoms with Crippen molar-refractivity contribution in [3.63, 3.8) is 0 Å². The standard InChI is InChI=1S/C29H31N5O3/c1-2-32-14-16-33(17-15-32)26-11-8-22(19-30-26)20-31-27(35)23-9-10-24-25(18-23)29(37)34(28(24)36)13-12-21-6-4-3-5-7-21/h3-11,18-19H,2,12-17,20H2,1H3,(H,31,35). The molecule has 8 nitrogen and oxygen atoms in total. The Bertz CT molecular complexity index is 1280. The quantitative estimate of drug-likeness (QED) is 0.482. The van der Waals surface area contributed by atoms with Crippen LogP contribution < -0.4 is 10.2 Å². The third-order valence-electron chi connectivity index (χ3n) is 7.11. The molecule has 8 heteroatoms. The van der Waals surface area contributed by atoms with Crippen LogP contribution in [0.4, 0.5) is 5.82 Å². The van der Waals surface area contributed by atoms with Crippen molar-refractivity contribution in [2.45, 2.75) is 19.9 Å². The summed E-state index contributed by atoms with van der Waals surface area (Å²) in [7, 11) is 0. The maximum atomic E-state index is 12.9. The summed E-state index contributed by atoms with van der Waals surface area (Å²) < 4.78 is 0. The highest BCUT2D eigenvalue weighted by molar-refractivity contribution is 6.22. The second kappa shape index (κ2) is 10.9. The second-order valence-electron chi connectivity index (χ2n) is 9.39. The third kappa shape index (κ3) is 5.39. The largest absolute Gasteiger partial charge is 0.354 e. The molecular weight excluding hydrogens is 466 g/mol. The van der Waals surface area contributed by atoms with Gasteiger partial charge in [-0.3, -0.25) is 19.3 Å². The Morgan fingerprint density at radius 1 is 0.892 bits per heavy atom. The van der Waals surface area contributed by atoms with E-state index in [9.17, 15) is 14.4 Å². The van der Waals surface area contributed by atoms with Crippen molar-refractivity contribution in [2.24, 2.45) is 0 Å². The monoisotopic (exact) mass is 497 g/mol. The number of likely N-dealkylation sites (N-methyl/N-ethyl adjacent to an activating group) is 1. The average molecular weight is 498 g/mol. The smallest absolute Gasteiger partial charge is 0.261 e. The number of hydrogen-bond acceptors (Lipinski definition) is 6. The summed E-state index contributed by atoms with van der Waals surface area (Å²) in [6.45, 7) is 7.86. The Labute approximate surface area is 216 Å². The predicted molar refractivity (Wildman–Crippen MR) is 142 cm³/mol.